The van der Waals surface area contributed by atoms with Crippen molar-refractivity contribution in [2.45, 2.75) is 6.54 Å². The third-order valence-electron chi connectivity index (χ3n) is 3.85. The van der Waals surface area contributed by atoms with Gasteiger partial charge in [0.15, 0.2) is 0 Å². The molecule has 3 rings (SSSR count). The number of halogens is 1. The van der Waals surface area contributed by atoms with Crippen LogP contribution in [0.5, 0.6) is 0 Å². The van der Waals surface area contributed by atoms with Crippen LogP contribution in [0.3, 0.4) is 0 Å². The number of morpholine rings is 1. The van der Waals surface area contributed by atoms with E-state index in [-0.39, 0.29) is 5.91 Å². The molecule has 1 amide bonds. The standard InChI is InChI=1S/C18H19BrN2O2/c19-16-6-3-5-14(12-16)18(22)20-17-7-2-1-4-15(17)13-21-8-10-23-11-9-21/h1-7,12H,8-11,13H2,(H,20,22). The predicted molar refractivity (Wildman–Crippen MR) is 94.6 cm³/mol. The molecule has 1 N–H and O–H groups in total. The Labute approximate surface area is 144 Å². The average molecular weight is 375 g/mol. The molecule has 0 unspecified atom stereocenters. The van der Waals surface area contributed by atoms with Gasteiger partial charge < -0.3 is 10.1 Å². The molecule has 0 aromatic heterocycles. The van der Waals surface area contributed by atoms with Gasteiger partial charge >= 0.3 is 0 Å². The smallest absolute Gasteiger partial charge is 0.255 e. The van der Waals surface area contributed by atoms with Crippen molar-refractivity contribution in [2.24, 2.45) is 0 Å². The molecule has 1 saturated heterocycles. The van der Waals surface area contributed by atoms with E-state index in [0.29, 0.717) is 5.56 Å². The SMILES string of the molecule is O=C(Nc1ccccc1CN1CCOCC1)c1cccc(Br)c1. The summed E-state index contributed by atoms with van der Waals surface area (Å²) >= 11 is 3.40. The summed E-state index contributed by atoms with van der Waals surface area (Å²) in [5, 5.41) is 3.03. The highest BCUT2D eigenvalue weighted by Gasteiger charge is 2.14. The highest BCUT2D eigenvalue weighted by molar-refractivity contribution is 9.10. The van der Waals surface area contributed by atoms with Crippen LogP contribution in [0.25, 0.3) is 0 Å². The van der Waals surface area contributed by atoms with E-state index in [2.05, 4.69) is 32.2 Å². The maximum atomic E-state index is 12.4. The summed E-state index contributed by atoms with van der Waals surface area (Å²) < 4.78 is 6.28. The first-order valence-electron chi connectivity index (χ1n) is 7.67. The van der Waals surface area contributed by atoms with E-state index >= 15 is 0 Å². The summed E-state index contributed by atoms with van der Waals surface area (Å²) in [7, 11) is 0. The van der Waals surface area contributed by atoms with Gasteiger partial charge in [-0.3, -0.25) is 9.69 Å². The fourth-order valence-electron chi connectivity index (χ4n) is 2.60. The summed E-state index contributed by atoms with van der Waals surface area (Å²) in [5.74, 6) is -0.0965. The van der Waals surface area contributed by atoms with Crippen LogP contribution in [0.1, 0.15) is 15.9 Å². The lowest BCUT2D eigenvalue weighted by molar-refractivity contribution is 0.0342. The molecule has 1 fully saturated rings. The second-order valence-electron chi connectivity index (χ2n) is 5.51. The quantitative estimate of drug-likeness (QED) is 0.889. The molecule has 0 aliphatic carbocycles. The fraction of sp³-hybridized carbons (Fsp3) is 0.278. The number of nitrogens with zero attached hydrogens (tertiary/aromatic N) is 1. The molecule has 0 spiro atoms. The minimum Gasteiger partial charge on any atom is -0.379 e. The zero-order valence-corrected chi connectivity index (χ0v) is 14.4. The number of hydrogen-bond acceptors (Lipinski definition) is 3. The van der Waals surface area contributed by atoms with Crippen molar-refractivity contribution < 1.29 is 9.53 Å². The lowest BCUT2D eigenvalue weighted by Gasteiger charge is -2.27. The van der Waals surface area contributed by atoms with Gasteiger partial charge in [0.2, 0.25) is 0 Å². The van der Waals surface area contributed by atoms with Gasteiger partial charge in [0.25, 0.3) is 5.91 Å². The number of hydrogen-bond donors (Lipinski definition) is 1. The van der Waals surface area contributed by atoms with Crippen LogP contribution in [0.2, 0.25) is 0 Å². The number of nitrogens with one attached hydrogen (secondary N) is 1. The molecule has 1 aliphatic rings. The summed E-state index contributed by atoms with van der Waals surface area (Å²) in [6, 6.07) is 15.4. The number of rotatable bonds is 4. The zero-order valence-electron chi connectivity index (χ0n) is 12.8. The molecular weight excluding hydrogens is 356 g/mol. The molecule has 4 nitrogen and oxygen atoms in total. The van der Waals surface area contributed by atoms with Crippen molar-refractivity contribution in [3.05, 3.63) is 64.1 Å². The predicted octanol–water partition coefficient (Wildman–Crippen LogP) is 3.53. The highest BCUT2D eigenvalue weighted by Crippen LogP contribution is 2.20. The molecule has 5 heteroatoms. The molecule has 2 aromatic rings. The zero-order chi connectivity index (χ0) is 16.1. The monoisotopic (exact) mass is 374 g/mol. The maximum Gasteiger partial charge on any atom is 0.255 e. The molecule has 1 heterocycles. The van der Waals surface area contributed by atoms with Crippen LogP contribution >= 0.6 is 15.9 Å². The minimum atomic E-state index is -0.0965. The second kappa shape index (κ2) is 7.73. The first-order chi connectivity index (χ1) is 11.2. The van der Waals surface area contributed by atoms with E-state index in [9.17, 15) is 4.79 Å². The van der Waals surface area contributed by atoms with Crippen molar-refractivity contribution in [2.75, 3.05) is 31.6 Å². The Hall–Kier alpha value is -1.69. The van der Waals surface area contributed by atoms with Gasteiger partial charge in [0, 0.05) is 35.4 Å². The van der Waals surface area contributed by atoms with E-state index in [4.69, 9.17) is 4.74 Å². The summed E-state index contributed by atoms with van der Waals surface area (Å²) in [6.07, 6.45) is 0. The van der Waals surface area contributed by atoms with Crippen LogP contribution in [0.4, 0.5) is 5.69 Å². The van der Waals surface area contributed by atoms with E-state index < -0.39 is 0 Å². The van der Waals surface area contributed by atoms with E-state index in [0.717, 1.165) is 48.6 Å². The van der Waals surface area contributed by atoms with Gasteiger partial charge in [0.05, 0.1) is 13.2 Å². The number of carbonyl (C=O) groups excluding carboxylic acids is 1. The van der Waals surface area contributed by atoms with Gasteiger partial charge in [-0.15, -0.1) is 0 Å². The Morgan fingerprint density at radius 1 is 1.13 bits per heavy atom. The molecule has 1 aliphatic heterocycles. The largest absolute Gasteiger partial charge is 0.379 e. The Morgan fingerprint density at radius 3 is 2.70 bits per heavy atom. The molecule has 0 radical (unpaired) electrons. The van der Waals surface area contributed by atoms with Crippen molar-refractivity contribution in [1.82, 2.24) is 4.90 Å². The molecule has 0 bridgehead atoms. The normalized spacial score (nSPS) is 15.3. The molecule has 23 heavy (non-hydrogen) atoms. The summed E-state index contributed by atoms with van der Waals surface area (Å²) in [5.41, 5.74) is 2.63. The Kier molecular flexibility index (Phi) is 5.43. The van der Waals surface area contributed by atoms with Crippen molar-refractivity contribution in [1.29, 1.82) is 0 Å². The molecular formula is C18H19BrN2O2. The van der Waals surface area contributed by atoms with Gasteiger partial charge in [-0.2, -0.15) is 0 Å². The van der Waals surface area contributed by atoms with Gasteiger partial charge in [-0.25, -0.2) is 0 Å². The van der Waals surface area contributed by atoms with E-state index in [1.165, 1.54) is 0 Å². The van der Waals surface area contributed by atoms with Crippen LogP contribution in [0.15, 0.2) is 53.0 Å². The first-order valence-corrected chi connectivity index (χ1v) is 8.46. The molecule has 0 saturated carbocycles. The molecule has 120 valence electrons. The third-order valence-corrected chi connectivity index (χ3v) is 4.34. The maximum absolute atomic E-state index is 12.4. The molecule has 0 atom stereocenters. The van der Waals surface area contributed by atoms with Crippen LogP contribution in [-0.2, 0) is 11.3 Å². The average Bonchev–Trinajstić information content (AvgIpc) is 2.57. The number of amides is 1. The number of carbonyl (C=O) groups is 1. The Balaban J connectivity index is 1.73. The highest BCUT2D eigenvalue weighted by atomic mass is 79.9. The second-order valence-corrected chi connectivity index (χ2v) is 6.43. The lowest BCUT2D eigenvalue weighted by atomic mass is 10.1. The first kappa shape index (κ1) is 16.2. The third kappa shape index (κ3) is 4.41. The number of anilines is 1. The number of para-hydroxylation sites is 1. The van der Waals surface area contributed by atoms with E-state index in [1.54, 1.807) is 0 Å². The van der Waals surface area contributed by atoms with Gasteiger partial charge in [0.1, 0.15) is 0 Å². The number of benzene rings is 2. The van der Waals surface area contributed by atoms with Crippen LogP contribution < -0.4 is 5.32 Å². The van der Waals surface area contributed by atoms with Crippen molar-refractivity contribution >= 4 is 27.5 Å². The lowest BCUT2D eigenvalue weighted by Crippen LogP contribution is -2.35. The van der Waals surface area contributed by atoms with Crippen LogP contribution in [0, 0.1) is 0 Å². The van der Waals surface area contributed by atoms with Gasteiger partial charge in [-0.05, 0) is 29.8 Å². The molecule has 2 aromatic carbocycles. The van der Waals surface area contributed by atoms with Crippen molar-refractivity contribution in [3.63, 3.8) is 0 Å². The summed E-state index contributed by atoms with van der Waals surface area (Å²) in [6.45, 7) is 4.21. The Bertz CT molecular complexity index is 684. The topological polar surface area (TPSA) is 41.6 Å². The fourth-order valence-corrected chi connectivity index (χ4v) is 3.00. The van der Waals surface area contributed by atoms with E-state index in [1.807, 2.05) is 42.5 Å². The van der Waals surface area contributed by atoms with Gasteiger partial charge in [-0.1, -0.05) is 40.2 Å². The van der Waals surface area contributed by atoms with Crippen molar-refractivity contribution in [3.8, 4) is 0 Å². The summed E-state index contributed by atoms with van der Waals surface area (Å²) in [4.78, 5) is 14.8. The Morgan fingerprint density at radius 2 is 1.91 bits per heavy atom. The van der Waals surface area contributed by atoms with Crippen LogP contribution in [-0.4, -0.2) is 37.1 Å². The minimum absolute atomic E-state index is 0.0965. The number of ether oxygens (including phenoxy) is 1.